The lowest BCUT2D eigenvalue weighted by molar-refractivity contribution is 0.602. The summed E-state index contributed by atoms with van der Waals surface area (Å²) in [5.41, 5.74) is 7.21. The number of benzene rings is 1. The minimum Gasteiger partial charge on any atom is -0.396 e. The van der Waals surface area contributed by atoms with Gasteiger partial charge in [-0.25, -0.2) is 8.42 Å². The molecule has 6 heteroatoms. The molecule has 1 aromatic carbocycles. The Bertz CT molecular complexity index is 707. The van der Waals surface area contributed by atoms with Gasteiger partial charge in [-0.2, -0.15) is 0 Å². The van der Waals surface area contributed by atoms with Crippen LogP contribution in [0.3, 0.4) is 0 Å². The number of para-hydroxylation sites is 1. The third-order valence-corrected chi connectivity index (χ3v) is 5.30. The van der Waals surface area contributed by atoms with Gasteiger partial charge in [-0.1, -0.05) is 12.1 Å². The molecule has 0 aliphatic carbocycles. The molecule has 0 aliphatic rings. The summed E-state index contributed by atoms with van der Waals surface area (Å²) in [5, 5.41) is 2.03. The van der Waals surface area contributed by atoms with E-state index in [9.17, 15) is 8.42 Å². The molecule has 0 unspecified atom stereocenters. The van der Waals surface area contributed by atoms with Crippen molar-refractivity contribution >= 4 is 32.5 Å². The van der Waals surface area contributed by atoms with Crippen molar-refractivity contribution in [2.45, 2.75) is 31.3 Å². The van der Waals surface area contributed by atoms with Gasteiger partial charge in [0.25, 0.3) is 0 Å². The van der Waals surface area contributed by atoms with Crippen LogP contribution in [-0.2, 0) is 16.4 Å². The van der Waals surface area contributed by atoms with Gasteiger partial charge < -0.3 is 10.6 Å². The zero-order valence-corrected chi connectivity index (χ0v) is 14.0. The quantitative estimate of drug-likeness (QED) is 0.858. The molecule has 0 spiro atoms. The minimum atomic E-state index is -3.33. The van der Waals surface area contributed by atoms with Crippen LogP contribution in [0.25, 0.3) is 0 Å². The molecule has 0 radical (unpaired) electrons. The van der Waals surface area contributed by atoms with Gasteiger partial charge in [0.1, 0.15) is 0 Å². The SMILES string of the molecule is CC(C)N(Cc1cccs1)c1cccc(S(C)(=O)=O)c1N. The van der Waals surface area contributed by atoms with Crippen molar-refractivity contribution in [3.05, 3.63) is 40.6 Å². The van der Waals surface area contributed by atoms with E-state index < -0.39 is 9.84 Å². The molecule has 0 amide bonds. The fourth-order valence-electron chi connectivity index (χ4n) is 2.22. The summed E-state index contributed by atoms with van der Waals surface area (Å²) in [6.07, 6.45) is 1.18. The van der Waals surface area contributed by atoms with Crippen molar-refractivity contribution in [3.63, 3.8) is 0 Å². The maximum Gasteiger partial charge on any atom is 0.177 e. The molecule has 114 valence electrons. The first-order chi connectivity index (χ1) is 9.80. The fourth-order valence-corrected chi connectivity index (χ4v) is 3.76. The number of nitrogen functional groups attached to an aromatic ring is 1. The average molecular weight is 324 g/mol. The van der Waals surface area contributed by atoms with E-state index in [1.807, 2.05) is 17.5 Å². The molecule has 2 rings (SSSR count). The Morgan fingerprint density at radius 2 is 1.95 bits per heavy atom. The maximum absolute atomic E-state index is 11.8. The van der Waals surface area contributed by atoms with E-state index in [4.69, 9.17) is 5.73 Å². The average Bonchev–Trinajstić information content (AvgIpc) is 2.88. The van der Waals surface area contributed by atoms with Crippen molar-refractivity contribution in [2.24, 2.45) is 0 Å². The second-order valence-electron chi connectivity index (χ2n) is 5.26. The van der Waals surface area contributed by atoms with Crippen LogP contribution >= 0.6 is 11.3 Å². The van der Waals surface area contributed by atoms with Gasteiger partial charge in [0.05, 0.1) is 22.8 Å². The third kappa shape index (κ3) is 3.57. The van der Waals surface area contributed by atoms with E-state index in [2.05, 4.69) is 24.8 Å². The molecule has 0 fully saturated rings. The predicted octanol–water partition coefficient (Wildman–Crippen LogP) is 3.15. The highest BCUT2D eigenvalue weighted by atomic mass is 32.2. The molecule has 2 N–H and O–H groups in total. The van der Waals surface area contributed by atoms with Crippen LogP contribution in [0.4, 0.5) is 11.4 Å². The number of rotatable bonds is 5. The lowest BCUT2D eigenvalue weighted by Crippen LogP contribution is -2.30. The minimum absolute atomic E-state index is 0.192. The Hall–Kier alpha value is -1.53. The van der Waals surface area contributed by atoms with Gasteiger partial charge >= 0.3 is 0 Å². The molecular formula is C15H20N2O2S2. The molecule has 0 aliphatic heterocycles. The van der Waals surface area contributed by atoms with E-state index in [-0.39, 0.29) is 10.9 Å². The van der Waals surface area contributed by atoms with Crippen molar-refractivity contribution in [2.75, 3.05) is 16.9 Å². The van der Waals surface area contributed by atoms with E-state index in [0.717, 1.165) is 5.69 Å². The van der Waals surface area contributed by atoms with Crippen LogP contribution in [-0.4, -0.2) is 20.7 Å². The van der Waals surface area contributed by atoms with Gasteiger partial charge in [0.15, 0.2) is 9.84 Å². The number of nitrogens with zero attached hydrogens (tertiary/aromatic N) is 1. The third-order valence-electron chi connectivity index (χ3n) is 3.28. The molecule has 21 heavy (non-hydrogen) atoms. The highest BCUT2D eigenvalue weighted by Gasteiger charge is 2.20. The van der Waals surface area contributed by atoms with Gasteiger partial charge in [0.2, 0.25) is 0 Å². The number of nitrogens with two attached hydrogens (primary N) is 1. The molecule has 2 aromatic rings. The van der Waals surface area contributed by atoms with Gasteiger partial charge in [-0.15, -0.1) is 11.3 Å². The zero-order valence-electron chi connectivity index (χ0n) is 12.4. The first-order valence-electron chi connectivity index (χ1n) is 6.68. The molecule has 1 aromatic heterocycles. The zero-order chi connectivity index (χ0) is 15.6. The van der Waals surface area contributed by atoms with Crippen LogP contribution in [0, 0.1) is 0 Å². The second-order valence-corrected chi connectivity index (χ2v) is 8.28. The summed E-state index contributed by atoms with van der Waals surface area (Å²) < 4.78 is 23.6. The highest BCUT2D eigenvalue weighted by molar-refractivity contribution is 7.90. The number of hydrogen-bond acceptors (Lipinski definition) is 5. The summed E-state index contributed by atoms with van der Waals surface area (Å²) in [6, 6.07) is 9.46. The lowest BCUT2D eigenvalue weighted by atomic mass is 10.2. The van der Waals surface area contributed by atoms with Gasteiger partial charge in [-0.05, 0) is 37.4 Å². The largest absolute Gasteiger partial charge is 0.396 e. The monoisotopic (exact) mass is 324 g/mol. The fraction of sp³-hybridized carbons (Fsp3) is 0.333. The van der Waals surface area contributed by atoms with Crippen molar-refractivity contribution in [1.82, 2.24) is 0 Å². The normalized spacial score (nSPS) is 11.8. The van der Waals surface area contributed by atoms with Gasteiger partial charge in [-0.3, -0.25) is 0 Å². The Balaban J connectivity index is 2.46. The number of anilines is 2. The summed E-state index contributed by atoms with van der Waals surface area (Å²) in [6.45, 7) is 4.85. The van der Waals surface area contributed by atoms with E-state index in [1.165, 1.54) is 11.1 Å². The van der Waals surface area contributed by atoms with Crippen LogP contribution in [0.5, 0.6) is 0 Å². The standard InChI is InChI=1S/C15H20N2O2S2/c1-11(2)17(10-12-6-5-9-20-12)13-7-4-8-14(15(13)16)21(3,18)19/h4-9,11H,10,16H2,1-3H3. The van der Waals surface area contributed by atoms with Crippen LogP contribution < -0.4 is 10.6 Å². The molecule has 0 atom stereocenters. The Morgan fingerprint density at radius 1 is 1.24 bits per heavy atom. The summed E-state index contributed by atoms with van der Waals surface area (Å²) in [5.74, 6) is 0. The van der Waals surface area contributed by atoms with E-state index >= 15 is 0 Å². The maximum atomic E-state index is 11.8. The van der Waals surface area contributed by atoms with Gasteiger partial charge in [0, 0.05) is 17.2 Å². The molecule has 0 saturated heterocycles. The number of thiophene rings is 1. The Labute approximate surface area is 130 Å². The first-order valence-corrected chi connectivity index (χ1v) is 9.45. The lowest BCUT2D eigenvalue weighted by Gasteiger charge is -2.30. The number of sulfone groups is 1. The summed E-state index contributed by atoms with van der Waals surface area (Å²) in [7, 11) is -3.33. The Kier molecular flexibility index (Phi) is 4.58. The summed E-state index contributed by atoms with van der Waals surface area (Å²) >= 11 is 1.68. The topological polar surface area (TPSA) is 63.4 Å². The van der Waals surface area contributed by atoms with Crippen molar-refractivity contribution < 1.29 is 8.42 Å². The predicted molar refractivity (Wildman–Crippen MR) is 89.6 cm³/mol. The van der Waals surface area contributed by atoms with E-state index in [1.54, 1.807) is 23.5 Å². The molecule has 1 heterocycles. The first kappa shape index (κ1) is 15.9. The smallest absolute Gasteiger partial charge is 0.177 e. The van der Waals surface area contributed by atoms with E-state index in [0.29, 0.717) is 12.2 Å². The molecular weight excluding hydrogens is 304 g/mol. The Morgan fingerprint density at radius 3 is 2.48 bits per heavy atom. The highest BCUT2D eigenvalue weighted by Crippen LogP contribution is 2.32. The van der Waals surface area contributed by atoms with Crippen molar-refractivity contribution in [1.29, 1.82) is 0 Å². The second kappa shape index (κ2) is 6.07. The van der Waals surface area contributed by atoms with Crippen molar-refractivity contribution in [3.8, 4) is 0 Å². The van der Waals surface area contributed by atoms with Crippen LogP contribution in [0.15, 0.2) is 40.6 Å². The molecule has 0 bridgehead atoms. The molecule has 0 saturated carbocycles. The summed E-state index contributed by atoms with van der Waals surface area (Å²) in [4.78, 5) is 3.53. The number of hydrogen-bond donors (Lipinski definition) is 1. The van der Waals surface area contributed by atoms with Crippen LogP contribution in [0.1, 0.15) is 18.7 Å². The molecule has 4 nitrogen and oxygen atoms in total. The van der Waals surface area contributed by atoms with Crippen LogP contribution in [0.2, 0.25) is 0 Å².